The van der Waals surface area contributed by atoms with E-state index in [-0.39, 0.29) is 22.0 Å². The van der Waals surface area contributed by atoms with Crippen LogP contribution in [0.5, 0.6) is 0 Å². The van der Waals surface area contributed by atoms with Gasteiger partial charge in [-0.15, -0.1) is 0 Å². The highest BCUT2D eigenvalue weighted by molar-refractivity contribution is 6.31. The lowest BCUT2D eigenvalue weighted by Crippen LogP contribution is -2.17. The molecule has 0 aliphatic carbocycles. The Labute approximate surface area is 174 Å². The van der Waals surface area contributed by atoms with Crippen LogP contribution in [0.15, 0.2) is 60.8 Å². The predicted molar refractivity (Wildman–Crippen MR) is 110 cm³/mol. The van der Waals surface area contributed by atoms with Crippen molar-refractivity contribution in [1.82, 2.24) is 14.8 Å². The first-order chi connectivity index (χ1) is 14.5. The summed E-state index contributed by atoms with van der Waals surface area (Å²) in [6.07, 6.45) is 1.28. The molecule has 0 spiro atoms. The van der Waals surface area contributed by atoms with Gasteiger partial charge in [0.1, 0.15) is 17.2 Å². The summed E-state index contributed by atoms with van der Waals surface area (Å²) in [4.78, 5) is 27.9. The molecule has 0 atom stereocenters. The van der Waals surface area contributed by atoms with Crippen molar-refractivity contribution in [3.63, 3.8) is 0 Å². The number of fused-ring (bicyclic) bond motifs is 1. The number of halogens is 1. The maximum atomic E-state index is 12.8. The number of para-hydroxylation sites is 1. The fraction of sp³-hybridized carbons (Fsp3) is 0. The number of nitrogens with one attached hydrogen (secondary N) is 1. The van der Waals surface area contributed by atoms with Gasteiger partial charge in [-0.2, -0.15) is 15.0 Å². The molecule has 2 heterocycles. The molecule has 2 aromatic carbocycles. The molecule has 1 amide bonds. The van der Waals surface area contributed by atoms with Crippen LogP contribution in [0.2, 0.25) is 5.02 Å². The molecule has 10 heteroatoms. The lowest BCUT2D eigenvalue weighted by Gasteiger charge is -2.10. The van der Waals surface area contributed by atoms with Crippen molar-refractivity contribution in [2.75, 3.05) is 5.32 Å². The van der Waals surface area contributed by atoms with Crippen LogP contribution in [0.3, 0.4) is 0 Å². The molecule has 0 fully saturated rings. The van der Waals surface area contributed by atoms with Gasteiger partial charge in [0.2, 0.25) is 0 Å². The molecule has 0 saturated heterocycles. The second-order valence-electron chi connectivity index (χ2n) is 6.17. The van der Waals surface area contributed by atoms with Crippen molar-refractivity contribution in [3.8, 4) is 11.9 Å². The number of hydrogen-bond donors (Lipinski definition) is 1. The minimum atomic E-state index is -0.780. The van der Waals surface area contributed by atoms with Crippen molar-refractivity contribution in [3.05, 3.63) is 87.1 Å². The molecule has 2 aromatic heterocycles. The van der Waals surface area contributed by atoms with E-state index in [2.05, 4.69) is 15.4 Å². The fourth-order valence-corrected chi connectivity index (χ4v) is 3.09. The lowest BCUT2D eigenvalue weighted by atomic mass is 10.1. The normalized spacial score (nSPS) is 10.5. The number of nitro benzene ring substituents is 1. The van der Waals surface area contributed by atoms with Gasteiger partial charge in [0.05, 0.1) is 16.6 Å². The summed E-state index contributed by atoms with van der Waals surface area (Å²) in [7, 11) is 0. The van der Waals surface area contributed by atoms with Gasteiger partial charge in [-0.05, 0) is 30.3 Å². The monoisotopic (exact) mass is 418 g/mol. The quantitative estimate of drug-likeness (QED) is 0.392. The topological polar surface area (TPSA) is 127 Å². The summed E-state index contributed by atoms with van der Waals surface area (Å²) < 4.78 is 1.30. The number of nitro groups is 1. The molecule has 9 nitrogen and oxygen atoms in total. The van der Waals surface area contributed by atoms with Crippen LogP contribution in [0.25, 0.3) is 16.7 Å². The Bertz CT molecular complexity index is 1360. The minimum Gasteiger partial charge on any atom is -0.305 e. The van der Waals surface area contributed by atoms with Gasteiger partial charge in [0, 0.05) is 16.5 Å². The van der Waals surface area contributed by atoms with E-state index < -0.39 is 16.5 Å². The molecule has 0 aliphatic rings. The van der Waals surface area contributed by atoms with E-state index >= 15 is 0 Å². The van der Waals surface area contributed by atoms with Crippen LogP contribution < -0.4 is 5.32 Å². The average Bonchev–Trinajstić information content (AvgIpc) is 3.15. The Morgan fingerprint density at radius 3 is 2.77 bits per heavy atom. The largest absolute Gasteiger partial charge is 0.305 e. The third kappa shape index (κ3) is 3.43. The van der Waals surface area contributed by atoms with Gasteiger partial charge in [-0.25, -0.2) is 4.98 Å². The number of hydrogen-bond acceptors (Lipinski definition) is 6. The van der Waals surface area contributed by atoms with Crippen molar-refractivity contribution < 1.29 is 9.72 Å². The number of aromatic nitrogens is 3. The molecule has 0 aliphatic heterocycles. The zero-order chi connectivity index (χ0) is 21.3. The van der Waals surface area contributed by atoms with Crippen LogP contribution in [-0.4, -0.2) is 25.6 Å². The van der Waals surface area contributed by atoms with Gasteiger partial charge >= 0.3 is 0 Å². The van der Waals surface area contributed by atoms with Gasteiger partial charge in [-0.3, -0.25) is 14.9 Å². The van der Waals surface area contributed by atoms with E-state index in [1.807, 2.05) is 36.4 Å². The smallest absolute Gasteiger partial charge is 0.283 e. The van der Waals surface area contributed by atoms with Gasteiger partial charge in [-0.1, -0.05) is 29.8 Å². The number of amides is 1. The van der Waals surface area contributed by atoms with Crippen LogP contribution in [0.1, 0.15) is 15.9 Å². The molecule has 0 unspecified atom stereocenters. The average molecular weight is 419 g/mol. The van der Waals surface area contributed by atoms with Crippen LogP contribution in [-0.2, 0) is 0 Å². The standard InChI is InChI=1S/C20H11ClN6O3/c21-14-6-7-15(17(9-14)27(29)30)20(28)25-19-13(10-22)11-23-26(19)18-8-5-12-3-1-2-4-16(12)24-18/h1-9,11H,(H,25,28). The maximum absolute atomic E-state index is 12.8. The van der Waals surface area contributed by atoms with Gasteiger partial charge in [0.15, 0.2) is 11.6 Å². The third-order valence-corrected chi connectivity index (χ3v) is 4.56. The molecular weight excluding hydrogens is 408 g/mol. The first kappa shape index (κ1) is 19.0. The Balaban J connectivity index is 1.77. The number of nitrogens with zero attached hydrogens (tertiary/aromatic N) is 5. The van der Waals surface area contributed by atoms with Crippen molar-refractivity contribution >= 4 is 39.9 Å². The molecule has 1 N–H and O–H groups in total. The summed E-state index contributed by atoms with van der Waals surface area (Å²) in [5, 5.41) is 28.4. The van der Waals surface area contributed by atoms with Crippen LogP contribution in [0, 0.1) is 21.4 Å². The zero-order valence-electron chi connectivity index (χ0n) is 15.1. The van der Waals surface area contributed by atoms with Crippen molar-refractivity contribution in [2.24, 2.45) is 0 Å². The molecule has 0 radical (unpaired) electrons. The molecule has 0 bridgehead atoms. The summed E-state index contributed by atoms with van der Waals surface area (Å²) in [5.74, 6) is -0.358. The summed E-state index contributed by atoms with van der Waals surface area (Å²) in [5.41, 5.74) is 0.130. The number of nitriles is 1. The first-order valence-corrected chi connectivity index (χ1v) is 8.95. The number of pyridine rings is 1. The highest BCUT2D eigenvalue weighted by Gasteiger charge is 2.23. The van der Waals surface area contributed by atoms with E-state index in [0.29, 0.717) is 11.3 Å². The zero-order valence-corrected chi connectivity index (χ0v) is 15.9. The van der Waals surface area contributed by atoms with E-state index in [0.717, 1.165) is 11.5 Å². The number of carbonyl (C=O) groups excluding carboxylic acids is 1. The molecule has 0 saturated carbocycles. The molecule has 4 rings (SSSR count). The Kier molecular flexibility index (Phi) is 4.83. The molecular formula is C20H11ClN6O3. The highest BCUT2D eigenvalue weighted by atomic mass is 35.5. The van der Waals surface area contributed by atoms with Gasteiger partial charge in [0.25, 0.3) is 11.6 Å². The maximum Gasteiger partial charge on any atom is 0.283 e. The van der Waals surface area contributed by atoms with Crippen molar-refractivity contribution in [1.29, 1.82) is 5.26 Å². The van der Waals surface area contributed by atoms with E-state index in [1.165, 1.54) is 23.0 Å². The molecule has 146 valence electrons. The Hall–Kier alpha value is -4.29. The van der Waals surface area contributed by atoms with Gasteiger partial charge < -0.3 is 5.32 Å². The number of carbonyl (C=O) groups is 1. The SMILES string of the molecule is N#Cc1cnn(-c2ccc3ccccc3n2)c1NC(=O)c1ccc(Cl)cc1[N+](=O)[O-]. The second-order valence-corrected chi connectivity index (χ2v) is 6.60. The summed E-state index contributed by atoms with van der Waals surface area (Å²) in [6, 6.07) is 16.6. The number of benzene rings is 2. The number of anilines is 1. The molecule has 30 heavy (non-hydrogen) atoms. The van der Waals surface area contributed by atoms with E-state index in [4.69, 9.17) is 11.6 Å². The second kappa shape index (κ2) is 7.62. The summed E-state index contributed by atoms with van der Waals surface area (Å²) >= 11 is 5.81. The van der Waals surface area contributed by atoms with Crippen LogP contribution in [0.4, 0.5) is 11.5 Å². The minimum absolute atomic E-state index is 0.0505. The van der Waals surface area contributed by atoms with E-state index in [1.54, 1.807) is 6.07 Å². The Morgan fingerprint density at radius 1 is 1.20 bits per heavy atom. The van der Waals surface area contributed by atoms with E-state index in [9.17, 15) is 20.2 Å². The van der Waals surface area contributed by atoms with Crippen molar-refractivity contribution in [2.45, 2.75) is 0 Å². The summed E-state index contributed by atoms with van der Waals surface area (Å²) in [6.45, 7) is 0. The lowest BCUT2D eigenvalue weighted by molar-refractivity contribution is -0.385. The Morgan fingerprint density at radius 2 is 2.00 bits per heavy atom. The predicted octanol–water partition coefficient (Wildman–Crippen LogP) is 4.11. The van der Waals surface area contributed by atoms with Crippen LogP contribution >= 0.6 is 11.6 Å². The first-order valence-electron chi connectivity index (χ1n) is 8.57. The number of rotatable bonds is 4. The molecule has 4 aromatic rings. The fourth-order valence-electron chi connectivity index (χ4n) is 2.92. The third-order valence-electron chi connectivity index (χ3n) is 4.32. The highest BCUT2D eigenvalue weighted by Crippen LogP contribution is 2.26.